The lowest BCUT2D eigenvalue weighted by Gasteiger charge is -2.14. The van der Waals surface area contributed by atoms with Crippen LogP contribution in [0.5, 0.6) is 0 Å². The molecular weight excluding hydrogens is 436 g/mol. The van der Waals surface area contributed by atoms with E-state index in [9.17, 15) is 24.0 Å². The summed E-state index contributed by atoms with van der Waals surface area (Å²) in [6.45, 7) is 11.1. The molecule has 0 radical (unpaired) electrons. The van der Waals surface area contributed by atoms with Crippen molar-refractivity contribution in [2.24, 2.45) is 29.6 Å². The Bertz CT molecular complexity index is 545. The molecule has 0 fully saturated rings. The molecule has 0 saturated heterocycles. The van der Waals surface area contributed by atoms with Crippen LogP contribution in [0.2, 0.25) is 0 Å². The number of carboxylic acid groups (broad SMARTS) is 5. The Morgan fingerprint density at radius 2 is 0.909 bits per heavy atom. The van der Waals surface area contributed by atoms with E-state index < -0.39 is 41.7 Å². The lowest BCUT2D eigenvalue weighted by atomic mass is 9.90. The third-order valence-corrected chi connectivity index (χ3v) is 4.99. The van der Waals surface area contributed by atoms with Gasteiger partial charge in [-0.1, -0.05) is 67.2 Å². The molecule has 0 aliphatic heterocycles. The molecule has 10 nitrogen and oxygen atoms in total. The Morgan fingerprint density at radius 3 is 1.09 bits per heavy atom. The van der Waals surface area contributed by atoms with E-state index in [0.29, 0.717) is 25.2 Å². The molecule has 0 aromatic rings. The highest BCUT2D eigenvalue weighted by Crippen LogP contribution is 2.18. The highest BCUT2D eigenvalue weighted by molar-refractivity contribution is 5.93. The van der Waals surface area contributed by atoms with Crippen LogP contribution >= 0.6 is 0 Å². The summed E-state index contributed by atoms with van der Waals surface area (Å²) in [7, 11) is 0. The highest BCUT2D eigenvalue weighted by Gasteiger charge is 2.31. The van der Waals surface area contributed by atoms with Gasteiger partial charge in [-0.2, -0.15) is 0 Å². The van der Waals surface area contributed by atoms with Crippen molar-refractivity contribution in [1.82, 2.24) is 0 Å². The first kappa shape index (κ1) is 32.5. The van der Waals surface area contributed by atoms with Crippen molar-refractivity contribution in [1.29, 1.82) is 0 Å². The van der Waals surface area contributed by atoms with Crippen LogP contribution in [0.1, 0.15) is 89.5 Å². The summed E-state index contributed by atoms with van der Waals surface area (Å²) in [5.74, 6) is -8.45. The molecular formula is C23H44O10. The topological polar surface area (TPSA) is 186 Å². The second kappa shape index (κ2) is 20.0. The van der Waals surface area contributed by atoms with Crippen molar-refractivity contribution in [3.63, 3.8) is 0 Å². The maximum atomic E-state index is 10.5. The first-order chi connectivity index (χ1) is 16.2. The third-order valence-electron chi connectivity index (χ3n) is 4.99. The lowest BCUT2D eigenvalue weighted by molar-refractivity contribution is -0.159. The van der Waals surface area contributed by atoms with Gasteiger partial charge in [-0.05, 0) is 30.6 Å². The maximum absolute atomic E-state index is 10.5. The first-order valence-electron chi connectivity index (χ1n) is 12.3. The van der Waals surface area contributed by atoms with Gasteiger partial charge < -0.3 is 25.5 Å². The Morgan fingerprint density at radius 1 is 0.636 bits per heavy atom. The number of rotatable bonds is 14. The predicted molar refractivity (Wildman–Crippen MR) is 124 cm³/mol. The standard InChI is InChI=1S/2C8H14O4.C7H14O2.H2/c2*1-3-4-5(2)6(7(9)10)8(11)12;1-3-4-6(2)5-7(8)9;/h2*5-6H,3-4H2,1-2H3,(H,9,10)(H,11,12);6H,3-5H2,1-2H3,(H,8,9);1H/t2*5-;6-;/m111./s1/i;;;1+2D. The summed E-state index contributed by atoms with van der Waals surface area (Å²) in [4.78, 5) is 52.0. The number of aliphatic carboxylic acids is 5. The quantitative estimate of drug-likeness (QED) is 0.219. The van der Waals surface area contributed by atoms with Crippen LogP contribution in [-0.4, -0.2) is 55.4 Å². The zero-order valence-corrected chi connectivity index (χ0v) is 20.6. The molecule has 0 aliphatic carbocycles. The van der Waals surface area contributed by atoms with E-state index in [0.717, 1.165) is 25.7 Å². The van der Waals surface area contributed by atoms with Crippen LogP contribution in [0.25, 0.3) is 0 Å². The van der Waals surface area contributed by atoms with Gasteiger partial charge >= 0.3 is 29.8 Å². The van der Waals surface area contributed by atoms with Gasteiger partial charge in [-0.3, -0.25) is 24.0 Å². The molecule has 3 atom stereocenters. The van der Waals surface area contributed by atoms with Gasteiger partial charge in [0.2, 0.25) is 0 Å². The van der Waals surface area contributed by atoms with Gasteiger partial charge in [-0.15, -0.1) is 0 Å². The second-order valence-electron chi connectivity index (χ2n) is 8.33. The SMILES string of the molecule is CCC[C@@H](C)C(C(=O)O)C(=O)O.CCC[C@@H](C)C(C(=O)O)C(=O)O.CCC[C@@H](C)CC(=O)O.[2H][3H]. The average molecular weight is 484 g/mol. The highest BCUT2D eigenvalue weighted by atomic mass is 16.4. The molecule has 0 amide bonds. The zero-order valence-electron chi connectivity index (χ0n) is 22.6. The molecule has 0 bridgehead atoms. The fraction of sp³-hybridized carbons (Fsp3) is 0.783. The predicted octanol–water partition coefficient (Wildman–Crippen LogP) is 4.56. The molecule has 0 aromatic heterocycles. The number of carboxylic acids is 5. The van der Waals surface area contributed by atoms with E-state index in [4.69, 9.17) is 28.5 Å². The summed E-state index contributed by atoms with van der Waals surface area (Å²) < 4.78 is 10.0. The van der Waals surface area contributed by atoms with Crippen LogP contribution in [0.3, 0.4) is 0 Å². The average Bonchev–Trinajstić information content (AvgIpc) is 2.69. The molecule has 0 saturated carbocycles. The van der Waals surface area contributed by atoms with E-state index in [-0.39, 0.29) is 11.8 Å². The van der Waals surface area contributed by atoms with Gasteiger partial charge in [0, 0.05) is 9.39 Å². The number of hydrogen-bond donors (Lipinski definition) is 5. The minimum absolute atomic E-state index is 0.301. The zero-order chi connectivity index (χ0) is 28.7. The van der Waals surface area contributed by atoms with E-state index >= 15 is 0 Å². The molecule has 196 valence electrons. The number of hydrogen-bond acceptors (Lipinski definition) is 5. The molecule has 0 rings (SSSR count). The summed E-state index contributed by atoms with van der Waals surface area (Å²) in [5, 5.41) is 42.6. The normalized spacial score (nSPS) is 13.2. The molecule has 0 spiro atoms. The molecule has 5 N–H and O–H groups in total. The fourth-order valence-corrected chi connectivity index (χ4v) is 3.32. The largest absolute Gasteiger partial charge is 0.481 e. The van der Waals surface area contributed by atoms with Crippen molar-refractivity contribution < 1.29 is 52.5 Å². The fourth-order valence-electron chi connectivity index (χ4n) is 3.32. The van der Waals surface area contributed by atoms with Gasteiger partial charge in [0.05, 0.1) is 0 Å². The summed E-state index contributed by atoms with van der Waals surface area (Å²) in [6.07, 6.45) is 5.28. The van der Waals surface area contributed by atoms with Crippen LogP contribution in [0, 0.1) is 29.6 Å². The molecule has 0 aromatic carbocycles. The first-order valence-corrected chi connectivity index (χ1v) is 11.3. The van der Waals surface area contributed by atoms with E-state index in [1.54, 1.807) is 13.8 Å². The van der Waals surface area contributed by atoms with Crippen molar-refractivity contribution >= 4 is 29.8 Å². The Labute approximate surface area is 199 Å². The maximum Gasteiger partial charge on any atom is 0.318 e. The Balaban J connectivity index is -0.000000201. The lowest BCUT2D eigenvalue weighted by Crippen LogP contribution is -2.29. The van der Waals surface area contributed by atoms with Crippen molar-refractivity contribution in [2.45, 2.75) is 86.5 Å². The monoisotopic (exact) mass is 483 g/mol. The van der Waals surface area contributed by atoms with Gasteiger partial charge in [0.1, 0.15) is 0 Å². The van der Waals surface area contributed by atoms with E-state index in [1.807, 2.05) is 20.8 Å². The summed E-state index contributed by atoms with van der Waals surface area (Å²) in [5.41, 5.74) is 0. The molecule has 10 heteroatoms. The van der Waals surface area contributed by atoms with Crippen LogP contribution in [0.15, 0.2) is 0 Å². The molecule has 0 aliphatic rings. The minimum Gasteiger partial charge on any atom is -0.481 e. The van der Waals surface area contributed by atoms with Crippen molar-refractivity contribution in [3.8, 4) is 0 Å². The van der Waals surface area contributed by atoms with Crippen molar-refractivity contribution in [3.05, 3.63) is 0 Å². The molecule has 0 unspecified atom stereocenters. The second-order valence-corrected chi connectivity index (χ2v) is 8.33. The summed E-state index contributed by atoms with van der Waals surface area (Å²) >= 11 is 0. The Kier molecular flexibility index (Phi) is 19.7. The van der Waals surface area contributed by atoms with E-state index in [1.165, 1.54) is 0 Å². The molecule has 0 heterocycles. The number of carbonyl (C=O) groups is 5. The van der Waals surface area contributed by atoms with Crippen LogP contribution in [0.4, 0.5) is 0 Å². The third kappa shape index (κ3) is 18.6. The van der Waals surface area contributed by atoms with E-state index in [2.05, 4.69) is 6.92 Å². The van der Waals surface area contributed by atoms with Crippen molar-refractivity contribution in [2.75, 3.05) is 0 Å². The van der Waals surface area contributed by atoms with Gasteiger partial charge in [0.15, 0.2) is 11.8 Å². The summed E-state index contributed by atoms with van der Waals surface area (Å²) in [6, 6.07) is 0. The molecule has 33 heavy (non-hydrogen) atoms. The van der Waals surface area contributed by atoms with Gasteiger partial charge in [-0.25, -0.2) is 0 Å². The minimum atomic E-state index is -1.26. The van der Waals surface area contributed by atoms with Gasteiger partial charge in [0.25, 0.3) is 0 Å². The van der Waals surface area contributed by atoms with Crippen LogP contribution < -0.4 is 0 Å². The Hall–Kier alpha value is -2.65. The smallest absolute Gasteiger partial charge is 0.318 e. The van der Waals surface area contributed by atoms with Crippen LogP contribution in [-0.2, 0) is 24.0 Å².